The van der Waals surface area contributed by atoms with E-state index in [1.54, 1.807) is 0 Å². The summed E-state index contributed by atoms with van der Waals surface area (Å²) in [5.41, 5.74) is 13.4. The fourth-order valence-electron chi connectivity index (χ4n) is 1.48. The summed E-state index contributed by atoms with van der Waals surface area (Å²) in [6.07, 6.45) is 0. The monoisotopic (exact) mass is 351 g/mol. The first kappa shape index (κ1) is 14.7. The fourth-order valence-corrected chi connectivity index (χ4v) is 2.76. The predicted octanol–water partition coefficient (Wildman–Crippen LogP) is 2.87. The van der Waals surface area contributed by atoms with Crippen LogP contribution in [0.3, 0.4) is 0 Å². The molecule has 2 rings (SSSR count). The molecule has 0 radical (unpaired) electrons. The van der Waals surface area contributed by atoms with Gasteiger partial charge in [-0.25, -0.2) is 4.98 Å². The van der Waals surface area contributed by atoms with Crippen molar-refractivity contribution in [3.63, 3.8) is 0 Å². The molecular formula is C13H14BrN5S. The maximum absolute atomic E-state index is 5.93. The third-order valence-electron chi connectivity index (χ3n) is 2.61. The van der Waals surface area contributed by atoms with E-state index in [2.05, 4.69) is 30.9 Å². The molecule has 1 aromatic carbocycles. The number of benzene rings is 1. The van der Waals surface area contributed by atoms with Crippen LogP contribution in [0.4, 0.5) is 5.13 Å². The topological polar surface area (TPSA) is 89.6 Å². The number of aliphatic imine (C=N–C) groups is 2. The van der Waals surface area contributed by atoms with Crippen LogP contribution < -0.4 is 11.5 Å². The Morgan fingerprint density at radius 1 is 1.25 bits per heavy atom. The van der Waals surface area contributed by atoms with Crippen molar-refractivity contribution in [2.45, 2.75) is 13.8 Å². The van der Waals surface area contributed by atoms with Gasteiger partial charge in [-0.1, -0.05) is 45.5 Å². The van der Waals surface area contributed by atoms with Gasteiger partial charge in [0.05, 0.1) is 5.69 Å². The molecule has 0 fully saturated rings. The van der Waals surface area contributed by atoms with Gasteiger partial charge in [-0.3, -0.25) is 0 Å². The maximum Gasteiger partial charge on any atom is 0.224 e. The molecule has 4 N–H and O–H groups in total. The number of halogens is 1. The summed E-state index contributed by atoms with van der Waals surface area (Å²) in [6.45, 7) is 3.92. The number of aromatic nitrogens is 1. The molecule has 0 saturated carbocycles. The Bertz CT molecular complexity index is 670. The van der Waals surface area contributed by atoms with E-state index >= 15 is 0 Å². The molecule has 1 heterocycles. The number of hydrogen-bond acceptors (Lipinski definition) is 3. The number of nitrogens with zero attached hydrogens (tertiary/aromatic N) is 3. The lowest BCUT2D eigenvalue weighted by Gasteiger charge is -2.02. The smallest absolute Gasteiger partial charge is 0.224 e. The van der Waals surface area contributed by atoms with Crippen LogP contribution in [0.1, 0.15) is 16.1 Å². The van der Waals surface area contributed by atoms with Crippen LogP contribution in [0.15, 0.2) is 38.7 Å². The molecule has 0 aliphatic heterocycles. The van der Waals surface area contributed by atoms with Gasteiger partial charge in [-0.15, -0.1) is 0 Å². The van der Waals surface area contributed by atoms with Crippen LogP contribution in [0.5, 0.6) is 0 Å². The zero-order valence-corrected chi connectivity index (χ0v) is 13.5. The zero-order valence-electron chi connectivity index (χ0n) is 11.1. The highest BCUT2D eigenvalue weighted by molar-refractivity contribution is 9.10. The lowest BCUT2D eigenvalue weighted by atomic mass is 10.2. The van der Waals surface area contributed by atoms with Crippen molar-refractivity contribution >= 4 is 44.2 Å². The van der Waals surface area contributed by atoms with E-state index in [4.69, 9.17) is 11.5 Å². The third kappa shape index (κ3) is 3.43. The molecule has 0 aliphatic carbocycles. The van der Waals surface area contributed by atoms with Crippen LogP contribution in [-0.2, 0) is 0 Å². The van der Waals surface area contributed by atoms with Crippen molar-refractivity contribution in [2.75, 3.05) is 0 Å². The Labute approximate surface area is 129 Å². The Morgan fingerprint density at radius 2 is 1.95 bits per heavy atom. The minimum atomic E-state index is 0.0898. The normalized spacial score (nSPS) is 12.8. The summed E-state index contributed by atoms with van der Waals surface area (Å²) in [5, 5.41) is 0.584. The van der Waals surface area contributed by atoms with Gasteiger partial charge in [-0.05, 0) is 19.9 Å². The van der Waals surface area contributed by atoms with Gasteiger partial charge < -0.3 is 11.5 Å². The Morgan fingerprint density at radius 3 is 2.55 bits per heavy atom. The molecule has 5 nitrogen and oxygen atoms in total. The van der Waals surface area contributed by atoms with E-state index in [9.17, 15) is 0 Å². The van der Waals surface area contributed by atoms with E-state index in [1.165, 1.54) is 11.3 Å². The molecule has 0 atom stereocenters. The van der Waals surface area contributed by atoms with Crippen LogP contribution in [-0.4, -0.2) is 16.8 Å². The molecule has 0 unspecified atom stereocenters. The van der Waals surface area contributed by atoms with E-state index < -0.39 is 0 Å². The number of thiazole rings is 1. The molecule has 0 amide bonds. The van der Waals surface area contributed by atoms with Gasteiger partial charge in [0.2, 0.25) is 11.1 Å². The Balaban J connectivity index is 2.28. The summed E-state index contributed by atoms with van der Waals surface area (Å²) in [4.78, 5) is 13.6. The van der Waals surface area contributed by atoms with Crippen molar-refractivity contribution in [2.24, 2.45) is 21.5 Å². The minimum absolute atomic E-state index is 0.0898. The summed E-state index contributed by atoms with van der Waals surface area (Å²) in [6, 6.07) is 7.52. The average molecular weight is 352 g/mol. The number of amidine groups is 1. The van der Waals surface area contributed by atoms with Crippen molar-refractivity contribution < 1.29 is 0 Å². The first-order valence-corrected chi connectivity index (χ1v) is 7.45. The van der Waals surface area contributed by atoms with Crippen LogP contribution in [0.25, 0.3) is 0 Å². The van der Waals surface area contributed by atoms with Gasteiger partial charge in [0, 0.05) is 14.9 Å². The van der Waals surface area contributed by atoms with Gasteiger partial charge >= 0.3 is 0 Å². The van der Waals surface area contributed by atoms with Crippen molar-refractivity contribution in [3.8, 4) is 0 Å². The molecule has 7 heteroatoms. The molecule has 0 aliphatic rings. The number of aryl methyl sites for hydroxylation is 2. The molecular weight excluding hydrogens is 338 g/mol. The second-order valence-electron chi connectivity index (χ2n) is 4.08. The summed E-state index contributed by atoms with van der Waals surface area (Å²) in [5.74, 6) is 0.399. The van der Waals surface area contributed by atoms with Gasteiger partial charge in [0.1, 0.15) is 5.84 Å². The molecule has 0 spiro atoms. The maximum atomic E-state index is 5.93. The Kier molecular flexibility index (Phi) is 4.51. The SMILES string of the molecule is Cc1nc(/N=C(N)/N=C(\N)c2ccccc2Br)sc1C. The average Bonchev–Trinajstić information content (AvgIpc) is 2.68. The molecule has 20 heavy (non-hydrogen) atoms. The highest BCUT2D eigenvalue weighted by Gasteiger charge is 2.05. The van der Waals surface area contributed by atoms with Gasteiger partial charge in [-0.2, -0.15) is 9.98 Å². The molecule has 0 bridgehead atoms. The summed E-state index contributed by atoms with van der Waals surface area (Å²) >= 11 is 4.89. The quantitative estimate of drug-likeness (QED) is 0.643. The molecule has 0 saturated heterocycles. The lowest BCUT2D eigenvalue weighted by Crippen LogP contribution is -2.19. The molecule has 1 aromatic heterocycles. The van der Waals surface area contributed by atoms with E-state index in [1.807, 2.05) is 38.1 Å². The van der Waals surface area contributed by atoms with E-state index in [0.717, 1.165) is 20.6 Å². The summed E-state index contributed by atoms with van der Waals surface area (Å²) < 4.78 is 0.856. The zero-order chi connectivity index (χ0) is 14.7. The van der Waals surface area contributed by atoms with E-state index in [-0.39, 0.29) is 5.96 Å². The van der Waals surface area contributed by atoms with Crippen LogP contribution in [0, 0.1) is 13.8 Å². The largest absolute Gasteiger partial charge is 0.383 e. The third-order valence-corrected chi connectivity index (χ3v) is 4.27. The standard InChI is InChI=1S/C13H14BrN5S/c1-7-8(2)20-13(17-7)19-12(16)18-11(15)9-5-3-4-6-10(9)14/h3-6H,1-2H3,(H4,15,16,17,18,19). The molecule has 104 valence electrons. The fraction of sp³-hybridized carbons (Fsp3) is 0.154. The predicted molar refractivity (Wildman–Crippen MR) is 87.7 cm³/mol. The van der Waals surface area contributed by atoms with Crippen LogP contribution >= 0.6 is 27.3 Å². The minimum Gasteiger partial charge on any atom is -0.383 e. The van der Waals surface area contributed by atoms with Crippen molar-refractivity contribution in [1.82, 2.24) is 4.98 Å². The summed E-state index contributed by atoms with van der Waals surface area (Å²) in [7, 11) is 0. The first-order chi connectivity index (χ1) is 9.47. The first-order valence-electron chi connectivity index (χ1n) is 5.84. The molecule has 2 aromatic rings. The second-order valence-corrected chi connectivity index (χ2v) is 6.12. The highest BCUT2D eigenvalue weighted by Crippen LogP contribution is 2.23. The lowest BCUT2D eigenvalue weighted by molar-refractivity contribution is 1.21. The Hall–Kier alpha value is -1.73. The highest BCUT2D eigenvalue weighted by atomic mass is 79.9. The van der Waals surface area contributed by atoms with Crippen molar-refractivity contribution in [3.05, 3.63) is 44.9 Å². The van der Waals surface area contributed by atoms with Gasteiger partial charge in [0.15, 0.2) is 0 Å². The number of guanidine groups is 1. The van der Waals surface area contributed by atoms with E-state index in [0.29, 0.717) is 11.0 Å². The van der Waals surface area contributed by atoms with Gasteiger partial charge in [0.25, 0.3) is 0 Å². The number of nitrogens with two attached hydrogens (primary N) is 2. The second kappa shape index (κ2) is 6.15. The van der Waals surface area contributed by atoms with Crippen LogP contribution in [0.2, 0.25) is 0 Å². The number of hydrogen-bond donors (Lipinski definition) is 2. The number of rotatable bonds is 2. The van der Waals surface area contributed by atoms with Crippen molar-refractivity contribution in [1.29, 1.82) is 0 Å².